The number of hydrogen-bond acceptors (Lipinski definition) is 4. The number of rotatable bonds is 8. The highest BCUT2D eigenvalue weighted by Crippen LogP contribution is 2.33. The molecule has 0 spiro atoms. The highest BCUT2D eigenvalue weighted by molar-refractivity contribution is 9.09. The average molecular weight is 607 g/mol. The fourth-order valence-corrected chi connectivity index (χ4v) is 6.33. The largest absolute Gasteiger partial charge is 0.349 e. The van der Waals surface area contributed by atoms with E-state index in [1.807, 2.05) is 47.4 Å². The van der Waals surface area contributed by atoms with Gasteiger partial charge in [-0.2, -0.15) is 0 Å². The van der Waals surface area contributed by atoms with Crippen LogP contribution >= 0.6 is 15.9 Å². The van der Waals surface area contributed by atoms with Crippen molar-refractivity contribution in [3.8, 4) is 11.3 Å². The molecule has 0 unspecified atom stereocenters. The molecular weight excluding hydrogens is 566 g/mol. The van der Waals surface area contributed by atoms with E-state index in [1.165, 1.54) is 32.1 Å². The summed E-state index contributed by atoms with van der Waals surface area (Å²) in [5, 5.41) is 7.97. The molecule has 1 aromatic heterocycles. The Labute approximate surface area is 245 Å². The number of hydrogen-bond donors (Lipinski definition) is 2. The van der Waals surface area contributed by atoms with Crippen molar-refractivity contribution in [2.24, 2.45) is 5.92 Å². The number of aromatic nitrogens is 1. The molecule has 2 heterocycles. The lowest BCUT2D eigenvalue weighted by Crippen LogP contribution is -2.51. The van der Waals surface area contributed by atoms with Crippen LogP contribution in [0.25, 0.3) is 22.2 Å². The third-order valence-corrected chi connectivity index (χ3v) is 8.79. The molecule has 2 fully saturated rings. The first kappa shape index (κ1) is 28.6. The quantitative estimate of drug-likeness (QED) is 0.317. The lowest BCUT2D eigenvalue weighted by molar-refractivity contribution is 0.0918. The highest BCUT2D eigenvalue weighted by Gasteiger charge is 2.28. The van der Waals surface area contributed by atoms with Gasteiger partial charge in [-0.3, -0.25) is 9.69 Å². The number of piperazine rings is 1. The van der Waals surface area contributed by atoms with E-state index >= 15 is 0 Å². The predicted molar refractivity (Wildman–Crippen MR) is 165 cm³/mol. The van der Waals surface area contributed by atoms with Gasteiger partial charge in [0.25, 0.3) is 5.91 Å². The average Bonchev–Trinajstić information content (AvgIpc) is 3.00. The van der Waals surface area contributed by atoms with E-state index in [4.69, 9.17) is 4.98 Å². The van der Waals surface area contributed by atoms with Crippen LogP contribution in [-0.2, 0) is 6.54 Å². The molecule has 8 heteroatoms. The number of amides is 3. The van der Waals surface area contributed by atoms with Crippen molar-refractivity contribution in [2.45, 2.75) is 51.6 Å². The van der Waals surface area contributed by atoms with Gasteiger partial charge in [-0.1, -0.05) is 83.7 Å². The van der Waals surface area contributed by atoms with Gasteiger partial charge in [-0.25, -0.2) is 9.78 Å². The smallest absolute Gasteiger partial charge is 0.317 e. The van der Waals surface area contributed by atoms with E-state index in [1.54, 1.807) is 0 Å². The molecule has 2 aromatic carbocycles. The van der Waals surface area contributed by atoms with Gasteiger partial charge in [-0.15, -0.1) is 0 Å². The highest BCUT2D eigenvalue weighted by atomic mass is 79.9. The number of para-hydroxylation sites is 1. The molecule has 7 nitrogen and oxygen atoms in total. The van der Waals surface area contributed by atoms with E-state index in [0.29, 0.717) is 32.1 Å². The Bertz CT molecular complexity index is 1300. The van der Waals surface area contributed by atoms with Gasteiger partial charge in [0.1, 0.15) is 0 Å². The Hall–Kier alpha value is -2.97. The Morgan fingerprint density at radius 1 is 0.975 bits per heavy atom. The van der Waals surface area contributed by atoms with Crippen molar-refractivity contribution in [1.82, 2.24) is 25.4 Å². The Morgan fingerprint density at radius 3 is 2.40 bits per heavy atom. The van der Waals surface area contributed by atoms with Crippen molar-refractivity contribution < 1.29 is 9.59 Å². The van der Waals surface area contributed by atoms with Crippen LogP contribution in [0.15, 0.2) is 54.6 Å². The first-order valence-corrected chi connectivity index (χ1v) is 15.8. The minimum atomic E-state index is -0.0202. The molecule has 1 aliphatic heterocycles. The Kier molecular flexibility index (Phi) is 9.70. The molecule has 0 bridgehead atoms. The zero-order valence-corrected chi connectivity index (χ0v) is 25.0. The Balaban J connectivity index is 1.48. The van der Waals surface area contributed by atoms with Gasteiger partial charge in [-0.05, 0) is 31.7 Å². The summed E-state index contributed by atoms with van der Waals surface area (Å²) >= 11 is 3.37. The lowest BCUT2D eigenvalue weighted by atomic mass is 9.84. The molecule has 3 aromatic rings. The zero-order valence-electron chi connectivity index (χ0n) is 23.4. The van der Waals surface area contributed by atoms with Crippen LogP contribution in [0.4, 0.5) is 4.79 Å². The number of nitrogens with zero attached hydrogens (tertiary/aromatic N) is 3. The first-order valence-electron chi connectivity index (χ1n) is 14.6. The summed E-state index contributed by atoms with van der Waals surface area (Å²) in [7, 11) is 0. The van der Waals surface area contributed by atoms with Crippen LogP contribution in [-0.4, -0.2) is 70.8 Å². The van der Waals surface area contributed by atoms with Gasteiger partial charge in [0, 0.05) is 67.2 Å². The maximum absolute atomic E-state index is 14.2. The molecule has 5 rings (SSSR count). The molecule has 1 atom stereocenters. The van der Waals surface area contributed by atoms with Crippen molar-refractivity contribution in [1.29, 1.82) is 0 Å². The fourth-order valence-electron chi connectivity index (χ4n) is 6.13. The molecular formula is C32H40BrN5O2. The van der Waals surface area contributed by atoms with Gasteiger partial charge in [0.05, 0.1) is 16.8 Å². The molecule has 2 aliphatic rings. The van der Waals surface area contributed by atoms with Gasteiger partial charge < -0.3 is 15.5 Å². The number of carbonyl (C=O) groups excluding carboxylic acids is 2. The summed E-state index contributed by atoms with van der Waals surface area (Å²) in [6.45, 7) is 6.14. The second-order valence-corrected chi connectivity index (χ2v) is 11.8. The minimum Gasteiger partial charge on any atom is -0.349 e. The molecule has 3 amide bonds. The summed E-state index contributed by atoms with van der Waals surface area (Å²) in [5.74, 6) is 0.503. The number of pyridine rings is 1. The first-order chi connectivity index (χ1) is 19.5. The van der Waals surface area contributed by atoms with Crippen molar-refractivity contribution >= 4 is 38.8 Å². The van der Waals surface area contributed by atoms with E-state index in [2.05, 4.69) is 50.5 Å². The maximum Gasteiger partial charge on any atom is 0.317 e. The minimum absolute atomic E-state index is 0.0170. The number of carbonyl (C=O) groups is 2. The van der Waals surface area contributed by atoms with E-state index < -0.39 is 0 Å². The second kappa shape index (κ2) is 13.6. The third kappa shape index (κ3) is 6.66. The van der Waals surface area contributed by atoms with Crippen molar-refractivity contribution in [2.75, 3.05) is 38.1 Å². The summed E-state index contributed by atoms with van der Waals surface area (Å²) in [4.78, 5) is 36.0. The van der Waals surface area contributed by atoms with Gasteiger partial charge >= 0.3 is 6.03 Å². The summed E-state index contributed by atoms with van der Waals surface area (Å²) in [5.41, 5.74) is 4.37. The molecule has 40 heavy (non-hydrogen) atoms. The lowest BCUT2D eigenvalue weighted by Gasteiger charge is -2.35. The van der Waals surface area contributed by atoms with Gasteiger partial charge in [0.2, 0.25) is 0 Å². The number of alkyl halides is 1. The number of benzene rings is 2. The van der Waals surface area contributed by atoms with Crippen LogP contribution in [0.3, 0.4) is 0 Å². The number of urea groups is 1. The molecule has 0 radical (unpaired) electrons. The number of nitrogens with one attached hydrogen (secondary N) is 2. The van der Waals surface area contributed by atoms with Crippen LogP contribution in [0, 0.1) is 5.92 Å². The number of fused-ring (bicyclic) bond motifs is 1. The molecule has 1 aliphatic carbocycles. The SMILES string of the molecule is C[C@H](NC(=O)c1c(CN2CCN(C(=O)NCCBr)CC2)c(-c2ccccc2)nc2ccccc12)C1CCCCC1. The normalized spacial score (nSPS) is 17.5. The maximum atomic E-state index is 14.2. The van der Waals surface area contributed by atoms with Crippen LogP contribution < -0.4 is 10.6 Å². The molecule has 1 saturated heterocycles. The van der Waals surface area contributed by atoms with Crippen LogP contribution in [0.1, 0.15) is 54.9 Å². The molecule has 2 N–H and O–H groups in total. The third-order valence-electron chi connectivity index (χ3n) is 8.40. The summed E-state index contributed by atoms with van der Waals surface area (Å²) in [6.07, 6.45) is 6.13. The van der Waals surface area contributed by atoms with E-state index in [-0.39, 0.29) is 18.0 Å². The van der Waals surface area contributed by atoms with Crippen LogP contribution in [0.5, 0.6) is 0 Å². The van der Waals surface area contributed by atoms with E-state index in [9.17, 15) is 9.59 Å². The van der Waals surface area contributed by atoms with Gasteiger partial charge in [0.15, 0.2) is 0 Å². The van der Waals surface area contributed by atoms with Crippen LogP contribution in [0.2, 0.25) is 0 Å². The second-order valence-electron chi connectivity index (χ2n) is 11.0. The summed E-state index contributed by atoms with van der Waals surface area (Å²) < 4.78 is 0. The van der Waals surface area contributed by atoms with E-state index in [0.717, 1.165) is 51.7 Å². The fraction of sp³-hybridized carbons (Fsp3) is 0.469. The molecule has 212 valence electrons. The standard InChI is InChI=1S/C32H40BrN5O2/c1-23(24-10-4-2-5-11-24)35-31(39)29-26-14-8-9-15-28(26)36-30(25-12-6-3-7-13-25)27(29)22-37-18-20-38(21-19-37)32(40)34-17-16-33/h3,6-9,12-15,23-24H,2,4-5,10-11,16-22H2,1H3,(H,34,40)(H,35,39)/t23-/m0/s1. The predicted octanol–water partition coefficient (Wildman–Crippen LogP) is 5.82. The van der Waals surface area contributed by atoms with Crippen molar-refractivity contribution in [3.05, 3.63) is 65.7 Å². The summed E-state index contributed by atoms with van der Waals surface area (Å²) in [6, 6.07) is 18.3. The topological polar surface area (TPSA) is 77.6 Å². The number of halogens is 1. The van der Waals surface area contributed by atoms with Crippen molar-refractivity contribution in [3.63, 3.8) is 0 Å². The monoisotopic (exact) mass is 605 g/mol. The zero-order chi connectivity index (χ0) is 27.9. The Morgan fingerprint density at radius 2 is 1.68 bits per heavy atom. The molecule has 1 saturated carbocycles.